The molecular weight excluding hydrogens is 158 g/mol. The molecule has 0 aromatic carbocycles. The third-order valence-corrected chi connectivity index (χ3v) is 2.35. The highest BCUT2D eigenvalue weighted by molar-refractivity contribution is 4.85. The number of hydrogen-bond donors (Lipinski definition) is 2. The lowest BCUT2D eigenvalue weighted by atomic mass is 9.99. The van der Waals surface area contributed by atoms with E-state index >= 15 is 0 Å². The molecule has 0 spiro atoms. The van der Waals surface area contributed by atoms with E-state index in [2.05, 4.69) is 0 Å². The molecule has 0 radical (unpaired) electrons. The van der Waals surface area contributed by atoms with Gasteiger partial charge in [0.1, 0.15) is 0 Å². The predicted octanol–water partition coefficient (Wildman–Crippen LogP) is -0.595. The van der Waals surface area contributed by atoms with Crippen molar-refractivity contribution in [3.8, 4) is 0 Å². The van der Waals surface area contributed by atoms with E-state index in [1.807, 2.05) is 19.0 Å². The van der Waals surface area contributed by atoms with Gasteiger partial charge in [0.05, 0.1) is 12.2 Å². The van der Waals surface area contributed by atoms with Crippen LogP contribution in [0.15, 0.2) is 0 Å². The van der Waals surface area contributed by atoms with Crippen LogP contribution in [-0.4, -0.2) is 53.7 Å². The molecule has 2 N–H and O–H groups in total. The van der Waals surface area contributed by atoms with Gasteiger partial charge in [0.2, 0.25) is 0 Å². The molecule has 1 aliphatic rings. The van der Waals surface area contributed by atoms with Gasteiger partial charge >= 0.3 is 0 Å². The first-order valence-corrected chi connectivity index (χ1v) is 4.20. The SMILES string of the molecule is C[C@H]1O[C@H](O)C[C@H](N(C)C)[C@@H]1O. The van der Waals surface area contributed by atoms with E-state index in [1.54, 1.807) is 6.92 Å². The highest BCUT2D eigenvalue weighted by Crippen LogP contribution is 2.21. The second-order valence-corrected chi connectivity index (χ2v) is 3.55. The minimum Gasteiger partial charge on any atom is -0.389 e. The summed E-state index contributed by atoms with van der Waals surface area (Å²) in [5.74, 6) is 0. The highest BCUT2D eigenvalue weighted by atomic mass is 16.6. The predicted molar refractivity (Wildman–Crippen MR) is 44.7 cm³/mol. The van der Waals surface area contributed by atoms with Gasteiger partial charge < -0.3 is 19.8 Å². The Bertz CT molecular complexity index is 151. The summed E-state index contributed by atoms with van der Waals surface area (Å²) in [7, 11) is 3.78. The van der Waals surface area contributed by atoms with Gasteiger partial charge in [0.25, 0.3) is 0 Å². The number of nitrogens with zero attached hydrogens (tertiary/aromatic N) is 1. The van der Waals surface area contributed by atoms with Crippen molar-refractivity contribution in [1.29, 1.82) is 0 Å². The number of ether oxygens (including phenoxy) is 1. The Labute approximate surface area is 72.7 Å². The Kier molecular flexibility index (Phi) is 3.06. The van der Waals surface area contributed by atoms with E-state index in [1.165, 1.54) is 0 Å². The zero-order valence-electron chi connectivity index (χ0n) is 7.77. The lowest BCUT2D eigenvalue weighted by molar-refractivity contribution is -0.212. The molecule has 1 fully saturated rings. The number of aliphatic hydroxyl groups excluding tert-OH is 2. The van der Waals surface area contributed by atoms with E-state index in [0.717, 1.165) is 0 Å². The molecule has 0 amide bonds. The first-order chi connectivity index (χ1) is 5.52. The topological polar surface area (TPSA) is 52.9 Å². The summed E-state index contributed by atoms with van der Waals surface area (Å²) in [5.41, 5.74) is 0. The maximum Gasteiger partial charge on any atom is 0.156 e. The highest BCUT2D eigenvalue weighted by Gasteiger charge is 2.35. The zero-order valence-corrected chi connectivity index (χ0v) is 7.77. The van der Waals surface area contributed by atoms with Crippen molar-refractivity contribution in [1.82, 2.24) is 4.90 Å². The average Bonchev–Trinajstić information content (AvgIpc) is 1.96. The standard InChI is InChI=1S/C8H17NO3/c1-5-8(11)6(9(2)3)4-7(10)12-5/h5-8,10-11H,4H2,1-3H3/t5-,6+,7+,8-/m1/s1. The molecule has 72 valence electrons. The number of hydrogen-bond acceptors (Lipinski definition) is 4. The van der Waals surface area contributed by atoms with Crippen LogP contribution in [0.4, 0.5) is 0 Å². The zero-order chi connectivity index (χ0) is 9.30. The maximum atomic E-state index is 9.65. The van der Waals surface area contributed by atoms with Crippen LogP contribution in [0.3, 0.4) is 0 Å². The molecule has 0 aromatic rings. The molecule has 0 aliphatic carbocycles. The van der Waals surface area contributed by atoms with Gasteiger partial charge in [-0.25, -0.2) is 0 Å². The van der Waals surface area contributed by atoms with Gasteiger partial charge in [-0.3, -0.25) is 0 Å². The van der Waals surface area contributed by atoms with Crippen LogP contribution >= 0.6 is 0 Å². The smallest absolute Gasteiger partial charge is 0.156 e. The quantitative estimate of drug-likeness (QED) is 0.559. The van der Waals surface area contributed by atoms with Crippen LogP contribution in [0, 0.1) is 0 Å². The van der Waals surface area contributed by atoms with Crippen LogP contribution in [0.2, 0.25) is 0 Å². The Morgan fingerprint density at radius 1 is 1.33 bits per heavy atom. The molecular formula is C8H17NO3. The fourth-order valence-corrected chi connectivity index (χ4v) is 1.56. The summed E-state index contributed by atoms with van der Waals surface area (Å²) in [6, 6.07) is -0.0104. The van der Waals surface area contributed by atoms with Gasteiger partial charge in [-0.15, -0.1) is 0 Å². The normalized spacial score (nSPS) is 43.5. The lowest BCUT2D eigenvalue weighted by Crippen LogP contribution is -2.52. The van der Waals surface area contributed by atoms with E-state index in [4.69, 9.17) is 4.74 Å². The first kappa shape index (κ1) is 9.92. The third kappa shape index (κ3) is 1.95. The van der Waals surface area contributed by atoms with Gasteiger partial charge in [-0.05, 0) is 21.0 Å². The van der Waals surface area contributed by atoms with Gasteiger partial charge in [-0.2, -0.15) is 0 Å². The molecule has 4 atom stereocenters. The molecule has 0 saturated carbocycles. The minimum atomic E-state index is -0.740. The molecule has 1 aliphatic heterocycles. The third-order valence-electron chi connectivity index (χ3n) is 2.35. The fourth-order valence-electron chi connectivity index (χ4n) is 1.56. The van der Waals surface area contributed by atoms with Crippen molar-refractivity contribution in [2.24, 2.45) is 0 Å². The van der Waals surface area contributed by atoms with E-state index in [0.29, 0.717) is 6.42 Å². The number of likely N-dealkylation sites (N-methyl/N-ethyl adjacent to an activating group) is 1. The van der Waals surface area contributed by atoms with Crippen molar-refractivity contribution in [2.45, 2.75) is 37.9 Å². The summed E-state index contributed by atoms with van der Waals surface area (Å²) in [6.45, 7) is 1.77. The molecule has 0 unspecified atom stereocenters. The van der Waals surface area contributed by atoms with Crippen molar-refractivity contribution in [3.63, 3.8) is 0 Å². The Hall–Kier alpha value is -0.160. The van der Waals surface area contributed by atoms with Crippen LogP contribution in [0.5, 0.6) is 0 Å². The minimum absolute atomic E-state index is 0.0104. The second-order valence-electron chi connectivity index (χ2n) is 3.55. The van der Waals surface area contributed by atoms with E-state index < -0.39 is 12.4 Å². The van der Waals surface area contributed by atoms with Crippen molar-refractivity contribution >= 4 is 0 Å². The summed E-state index contributed by atoms with van der Waals surface area (Å²) in [5, 5.41) is 18.9. The van der Waals surface area contributed by atoms with Crippen LogP contribution in [0.25, 0.3) is 0 Å². The van der Waals surface area contributed by atoms with E-state index in [9.17, 15) is 10.2 Å². The summed E-state index contributed by atoms with van der Waals surface area (Å²) < 4.78 is 5.06. The molecule has 12 heavy (non-hydrogen) atoms. The van der Waals surface area contributed by atoms with E-state index in [-0.39, 0.29) is 12.1 Å². The fraction of sp³-hybridized carbons (Fsp3) is 1.00. The molecule has 0 aromatic heterocycles. The van der Waals surface area contributed by atoms with Gasteiger partial charge in [0, 0.05) is 12.5 Å². The largest absolute Gasteiger partial charge is 0.389 e. The molecule has 1 saturated heterocycles. The molecule has 4 nitrogen and oxygen atoms in total. The monoisotopic (exact) mass is 175 g/mol. The van der Waals surface area contributed by atoms with Crippen LogP contribution in [0.1, 0.15) is 13.3 Å². The lowest BCUT2D eigenvalue weighted by Gasteiger charge is -2.39. The van der Waals surface area contributed by atoms with Crippen LogP contribution in [-0.2, 0) is 4.74 Å². The van der Waals surface area contributed by atoms with Gasteiger partial charge in [-0.1, -0.05) is 0 Å². The Morgan fingerprint density at radius 2 is 1.92 bits per heavy atom. The van der Waals surface area contributed by atoms with Gasteiger partial charge in [0.15, 0.2) is 6.29 Å². The summed E-state index contributed by atoms with van der Waals surface area (Å²) in [4.78, 5) is 1.91. The first-order valence-electron chi connectivity index (χ1n) is 4.20. The average molecular weight is 175 g/mol. The van der Waals surface area contributed by atoms with Crippen molar-refractivity contribution in [3.05, 3.63) is 0 Å². The molecule has 0 bridgehead atoms. The van der Waals surface area contributed by atoms with Crippen molar-refractivity contribution in [2.75, 3.05) is 14.1 Å². The molecule has 1 rings (SSSR count). The number of rotatable bonds is 1. The summed E-state index contributed by atoms with van der Waals surface area (Å²) >= 11 is 0. The Balaban J connectivity index is 2.60. The molecule has 4 heteroatoms. The summed E-state index contributed by atoms with van der Waals surface area (Å²) in [6.07, 6.45) is -1.07. The second kappa shape index (κ2) is 3.70. The molecule has 1 heterocycles. The van der Waals surface area contributed by atoms with Crippen molar-refractivity contribution < 1.29 is 14.9 Å². The Morgan fingerprint density at radius 3 is 2.42 bits per heavy atom. The van der Waals surface area contributed by atoms with Crippen LogP contribution < -0.4 is 0 Å². The maximum absolute atomic E-state index is 9.65. The number of aliphatic hydroxyl groups is 2.